The van der Waals surface area contributed by atoms with Crippen LogP contribution in [0.2, 0.25) is 5.02 Å². The van der Waals surface area contributed by atoms with Gasteiger partial charge in [-0.1, -0.05) is 28.9 Å². The first kappa shape index (κ1) is 13.5. The summed E-state index contributed by atoms with van der Waals surface area (Å²) in [4.78, 5) is 6.63. The summed E-state index contributed by atoms with van der Waals surface area (Å²) in [6.07, 6.45) is 0. The molecule has 1 fully saturated rings. The lowest BCUT2D eigenvalue weighted by Crippen LogP contribution is -2.45. The van der Waals surface area contributed by atoms with E-state index in [1.807, 2.05) is 25.1 Å². The number of halogens is 1. The van der Waals surface area contributed by atoms with E-state index >= 15 is 0 Å². The molecule has 0 aliphatic carbocycles. The lowest BCUT2D eigenvalue weighted by Gasteiger charge is -2.35. The minimum Gasteiger partial charge on any atom is -0.338 e. The van der Waals surface area contributed by atoms with Gasteiger partial charge in [0.25, 0.3) is 0 Å². The number of nitrogens with zero attached hydrogens (tertiary/aromatic N) is 3. The van der Waals surface area contributed by atoms with E-state index in [1.54, 1.807) is 0 Å². The highest BCUT2D eigenvalue weighted by molar-refractivity contribution is 6.30. The summed E-state index contributed by atoms with van der Waals surface area (Å²) in [6.45, 7) is 5.30. The molecule has 2 heterocycles. The zero-order chi connectivity index (χ0) is 13.9. The molecule has 20 heavy (non-hydrogen) atoms. The number of nitrogens with one attached hydrogen (secondary N) is 1. The van der Waals surface area contributed by atoms with Crippen LogP contribution in [-0.2, 0) is 6.54 Å². The summed E-state index contributed by atoms with van der Waals surface area (Å²) in [7, 11) is 0. The smallest absolute Gasteiger partial charge is 0.240 e. The Bertz CT molecular complexity index is 586. The molecule has 1 aliphatic heterocycles. The van der Waals surface area contributed by atoms with Crippen LogP contribution >= 0.6 is 11.6 Å². The highest BCUT2D eigenvalue weighted by Gasteiger charge is 2.25. The minimum atomic E-state index is 0.273. The van der Waals surface area contributed by atoms with Crippen molar-refractivity contribution in [1.82, 2.24) is 20.4 Å². The molecule has 1 atom stereocenters. The fourth-order valence-corrected chi connectivity index (χ4v) is 2.75. The van der Waals surface area contributed by atoms with Gasteiger partial charge in [-0.2, -0.15) is 4.98 Å². The second-order valence-corrected chi connectivity index (χ2v) is 5.42. The number of aromatic nitrogens is 2. The normalized spacial score (nSPS) is 20.2. The van der Waals surface area contributed by atoms with Crippen molar-refractivity contribution in [3.05, 3.63) is 46.6 Å². The molecule has 1 unspecified atom stereocenters. The number of hydrogen-bond acceptors (Lipinski definition) is 5. The lowest BCUT2D eigenvalue weighted by molar-refractivity contribution is 0.135. The van der Waals surface area contributed by atoms with Gasteiger partial charge in [-0.05, 0) is 24.6 Å². The Morgan fingerprint density at radius 2 is 2.40 bits per heavy atom. The Kier molecular flexibility index (Phi) is 4.00. The molecule has 1 aromatic heterocycles. The molecule has 0 amide bonds. The molecule has 0 radical (unpaired) electrons. The Hall–Kier alpha value is -1.43. The third-order valence-electron chi connectivity index (χ3n) is 3.50. The maximum atomic E-state index is 6.10. The third kappa shape index (κ3) is 3.00. The summed E-state index contributed by atoms with van der Waals surface area (Å²) < 4.78 is 5.23. The predicted octanol–water partition coefficient (Wildman–Crippen LogP) is 2.18. The molecule has 1 N–H and O–H groups in total. The SMILES string of the molecule is Cc1noc(CN2CCNCC2c2cccc(Cl)c2)n1. The summed E-state index contributed by atoms with van der Waals surface area (Å²) in [5.41, 5.74) is 1.21. The molecule has 0 saturated carbocycles. The quantitative estimate of drug-likeness (QED) is 0.940. The van der Waals surface area contributed by atoms with Gasteiger partial charge < -0.3 is 9.84 Å². The monoisotopic (exact) mass is 292 g/mol. The van der Waals surface area contributed by atoms with E-state index in [4.69, 9.17) is 16.1 Å². The van der Waals surface area contributed by atoms with E-state index in [9.17, 15) is 0 Å². The van der Waals surface area contributed by atoms with Crippen LogP contribution in [0.5, 0.6) is 0 Å². The molecule has 1 aliphatic rings. The molecule has 5 nitrogen and oxygen atoms in total. The van der Waals surface area contributed by atoms with Gasteiger partial charge in [0.1, 0.15) is 0 Å². The number of aryl methyl sites for hydroxylation is 1. The largest absolute Gasteiger partial charge is 0.338 e. The number of hydrogen-bond donors (Lipinski definition) is 1. The Morgan fingerprint density at radius 3 is 3.15 bits per heavy atom. The van der Waals surface area contributed by atoms with Crippen LogP contribution in [0.15, 0.2) is 28.8 Å². The third-order valence-corrected chi connectivity index (χ3v) is 3.73. The Labute approximate surface area is 122 Å². The topological polar surface area (TPSA) is 54.2 Å². The standard InChI is InChI=1S/C14H17ClN4O/c1-10-17-14(20-18-10)9-19-6-5-16-8-13(19)11-3-2-4-12(15)7-11/h2-4,7,13,16H,5-6,8-9H2,1H3. The molecule has 1 aromatic carbocycles. The molecule has 106 valence electrons. The molecule has 6 heteroatoms. The molecule has 1 saturated heterocycles. The molecule has 0 spiro atoms. The van der Waals surface area contributed by atoms with Crippen molar-refractivity contribution in [3.8, 4) is 0 Å². The fraction of sp³-hybridized carbons (Fsp3) is 0.429. The van der Waals surface area contributed by atoms with E-state index in [-0.39, 0.29) is 6.04 Å². The molecular weight excluding hydrogens is 276 g/mol. The highest BCUT2D eigenvalue weighted by atomic mass is 35.5. The zero-order valence-corrected chi connectivity index (χ0v) is 12.1. The predicted molar refractivity (Wildman–Crippen MR) is 76.5 cm³/mol. The van der Waals surface area contributed by atoms with Crippen LogP contribution in [0, 0.1) is 6.92 Å². The average molecular weight is 293 g/mol. The summed E-state index contributed by atoms with van der Waals surface area (Å²) in [6, 6.07) is 8.28. The van der Waals surface area contributed by atoms with Crippen LogP contribution in [0.25, 0.3) is 0 Å². The minimum absolute atomic E-state index is 0.273. The summed E-state index contributed by atoms with van der Waals surface area (Å²) in [5, 5.41) is 8.03. The van der Waals surface area contributed by atoms with Gasteiger partial charge in [-0.15, -0.1) is 0 Å². The van der Waals surface area contributed by atoms with Crippen LogP contribution in [0.3, 0.4) is 0 Å². The van der Waals surface area contributed by atoms with Gasteiger partial charge in [0, 0.05) is 30.7 Å². The van der Waals surface area contributed by atoms with Gasteiger partial charge in [0.05, 0.1) is 6.54 Å². The van der Waals surface area contributed by atoms with Crippen molar-refractivity contribution >= 4 is 11.6 Å². The molecule has 0 bridgehead atoms. The van der Waals surface area contributed by atoms with E-state index in [0.717, 1.165) is 24.7 Å². The lowest BCUT2D eigenvalue weighted by atomic mass is 10.0. The molecule has 2 aromatic rings. The summed E-state index contributed by atoms with van der Waals surface area (Å²) >= 11 is 6.10. The van der Waals surface area contributed by atoms with Gasteiger partial charge in [0.15, 0.2) is 5.82 Å². The Balaban J connectivity index is 1.80. The van der Waals surface area contributed by atoms with Crippen LogP contribution < -0.4 is 5.32 Å². The number of piperazine rings is 1. The van der Waals surface area contributed by atoms with Crippen molar-refractivity contribution in [2.24, 2.45) is 0 Å². The van der Waals surface area contributed by atoms with E-state index < -0.39 is 0 Å². The highest BCUT2D eigenvalue weighted by Crippen LogP contribution is 2.25. The van der Waals surface area contributed by atoms with Crippen LogP contribution in [0.4, 0.5) is 0 Å². The zero-order valence-electron chi connectivity index (χ0n) is 11.3. The van der Waals surface area contributed by atoms with Crippen molar-refractivity contribution in [3.63, 3.8) is 0 Å². The Morgan fingerprint density at radius 1 is 1.50 bits per heavy atom. The maximum Gasteiger partial charge on any atom is 0.240 e. The van der Waals surface area contributed by atoms with Crippen LogP contribution in [-0.4, -0.2) is 34.7 Å². The molecule has 3 rings (SSSR count). The average Bonchev–Trinajstić information content (AvgIpc) is 2.85. The van der Waals surface area contributed by atoms with Crippen molar-refractivity contribution in [2.45, 2.75) is 19.5 Å². The second kappa shape index (κ2) is 5.91. The first-order chi connectivity index (χ1) is 9.72. The summed E-state index contributed by atoms with van der Waals surface area (Å²) in [5.74, 6) is 1.34. The van der Waals surface area contributed by atoms with Crippen molar-refractivity contribution < 1.29 is 4.52 Å². The van der Waals surface area contributed by atoms with Crippen LogP contribution in [0.1, 0.15) is 23.3 Å². The van der Waals surface area contributed by atoms with E-state index in [1.165, 1.54) is 5.56 Å². The molecular formula is C14H17ClN4O. The fourth-order valence-electron chi connectivity index (χ4n) is 2.56. The van der Waals surface area contributed by atoms with Gasteiger partial charge in [0.2, 0.25) is 5.89 Å². The van der Waals surface area contributed by atoms with E-state index in [0.29, 0.717) is 18.3 Å². The number of benzene rings is 1. The van der Waals surface area contributed by atoms with E-state index in [2.05, 4.69) is 26.4 Å². The van der Waals surface area contributed by atoms with Gasteiger partial charge >= 0.3 is 0 Å². The first-order valence-electron chi connectivity index (χ1n) is 6.72. The first-order valence-corrected chi connectivity index (χ1v) is 7.09. The second-order valence-electron chi connectivity index (χ2n) is 4.98. The van der Waals surface area contributed by atoms with Gasteiger partial charge in [-0.25, -0.2) is 0 Å². The van der Waals surface area contributed by atoms with Crippen molar-refractivity contribution in [1.29, 1.82) is 0 Å². The maximum absolute atomic E-state index is 6.10. The number of rotatable bonds is 3. The van der Waals surface area contributed by atoms with Gasteiger partial charge in [-0.3, -0.25) is 4.90 Å². The van der Waals surface area contributed by atoms with Crippen molar-refractivity contribution in [2.75, 3.05) is 19.6 Å².